The summed E-state index contributed by atoms with van der Waals surface area (Å²) < 4.78 is 39.2. The van der Waals surface area contributed by atoms with Crippen molar-refractivity contribution in [2.45, 2.75) is 24.3 Å². The standard InChI is InChI=1S/C12H14FN3O4S/c1-2-10-12(18)15-11(17)6-16(10)21(19,20)7-3-4-9(14)8(13)5-7/h3-5,10H,2,6,14H2,1H3,(H,15,17,18). The van der Waals surface area contributed by atoms with Crippen LogP contribution in [-0.2, 0) is 19.6 Å². The number of amides is 2. The molecule has 1 fully saturated rings. The van der Waals surface area contributed by atoms with Crippen LogP contribution in [0.1, 0.15) is 13.3 Å². The lowest BCUT2D eigenvalue weighted by Crippen LogP contribution is -2.59. The number of nitrogen functional groups attached to an aromatic ring is 1. The largest absolute Gasteiger partial charge is 0.396 e. The molecule has 0 radical (unpaired) electrons. The van der Waals surface area contributed by atoms with Gasteiger partial charge in [0.1, 0.15) is 11.9 Å². The van der Waals surface area contributed by atoms with Crippen molar-refractivity contribution in [2.75, 3.05) is 12.3 Å². The lowest BCUT2D eigenvalue weighted by Gasteiger charge is -2.32. The van der Waals surface area contributed by atoms with Crippen molar-refractivity contribution in [1.29, 1.82) is 0 Å². The molecule has 0 saturated carbocycles. The highest BCUT2D eigenvalue weighted by Gasteiger charge is 2.40. The van der Waals surface area contributed by atoms with Gasteiger partial charge in [-0.25, -0.2) is 12.8 Å². The van der Waals surface area contributed by atoms with Gasteiger partial charge < -0.3 is 5.73 Å². The van der Waals surface area contributed by atoms with Crippen molar-refractivity contribution in [2.24, 2.45) is 0 Å². The summed E-state index contributed by atoms with van der Waals surface area (Å²) in [5, 5.41) is 2.08. The van der Waals surface area contributed by atoms with Crippen molar-refractivity contribution in [3.05, 3.63) is 24.0 Å². The van der Waals surface area contributed by atoms with Crippen molar-refractivity contribution in [3.63, 3.8) is 0 Å². The van der Waals surface area contributed by atoms with Crippen LogP contribution < -0.4 is 11.1 Å². The van der Waals surface area contributed by atoms with E-state index in [4.69, 9.17) is 5.73 Å². The van der Waals surface area contributed by atoms with E-state index in [1.807, 2.05) is 0 Å². The number of anilines is 1. The Bertz CT molecular complexity index is 704. The van der Waals surface area contributed by atoms with Crippen LogP contribution >= 0.6 is 0 Å². The first-order valence-electron chi connectivity index (χ1n) is 6.18. The highest BCUT2D eigenvalue weighted by molar-refractivity contribution is 7.89. The number of halogens is 1. The average Bonchev–Trinajstić information content (AvgIpc) is 2.41. The summed E-state index contributed by atoms with van der Waals surface area (Å²) in [6, 6.07) is 2.02. The fourth-order valence-corrected chi connectivity index (χ4v) is 3.72. The molecule has 2 amide bonds. The van der Waals surface area contributed by atoms with Crippen LogP contribution in [0.3, 0.4) is 0 Å². The third-order valence-electron chi connectivity index (χ3n) is 3.18. The molecule has 0 spiro atoms. The molecule has 3 N–H and O–H groups in total. The minimum absolute atomic E-state index is 0.187. The first kappa shape index (κ1) is 15.4. The maximum absolute atomic E-state index is 13.5. The molecule has 1 aromatic rings. The number of hydrogen-bond acceptors (Lipinski definition) is 5. The first-order valence-corrected chi connectivity index (χ1v) is 7.62. The number of nitrogens with two attached hydrogens (primary N) is 1. The number of sulfonamides is 1. The SMILES string of the molecule is CCC1C(=O)NC(=O)CN1S(=O)(=O)c1ccc(N)c(F)c1. The maximum Gasteiger partial charge on any atom is 0.245 e. The molecule has 1 aliphatic heterocycles. The fourth-order valence-electron chi connectivity index (χ4n) is 2.09. The lowest BCUT2D eigenvalue weighted by atomic mass is 10.2. The Morgan fingerprint density at radius 2 is 2.10 bits per heavy atom. The summed E-state index contributed by atoms with van der Waals surface area (Å²) in [6.07, 6.45) is 0.190. The van der Waals surface area contributed by atoms with Crippen LogP contribution in [0, 0.1) is 5.82 Å². The van der Waals surface area contributed by atoms with Gasteiger partial charge in [0.25, 0.3) is 0 Å². The Morgan fingerprint density at radius 3 is 2.67 bits per heavy atom. The van der Waals surface area contributed by atoms with Crippen LogP contribution in [-0.4, -0.2) is 37.1 Å². The summed E-state index contributed by atoms with van der Waals surface area (Å²) in [6.45, 7) is 1.13. The van der Waals surface area contributed by atoms with Crippen molar-refractivity contribution in [3.8, 4) is 0 Å². The van der Waals surface area contributed by atoms with E-state index >= 15 is 0 Å². The van der Waals surface area contributed by atoms with Gasteiger partial charge in [0.2, 0.25) is 21.8 Å². The van der Waals surface area contributed by atoms with E-state index in [0.29, 0.717) is 0 Å². The van der Waals surface area contributed by atoms with E-state index < -0.39 is 40.2 Å². The topological polar surface area (TPSA) is 110 Å². The minimum Gasteiger partial charge on any atom is -0.396 e. The Labute approximate surface area is 121 Å². The maximum atomic E-state index is 13.5. The smallest absolute Gasteiger partial charge is 0.245 e. The number of benzene rings is 1. The molecule has 114 valence electrons. The molecule has 1 atom stereocenters. The minimum atomic E-state index is -4.17. The zero-order chi connectivity index (χ0) is 15.8. The molecule has 7 nitrogen and oxygen atoms in total. The van der Waals surface area contributed by atoms with E-state index in [-0.39, 0.29) is 17.0 Å². The zero-order valence-electron chi connectivity index (χ0n) is 11.2. The Morgan fingerprint density at radius 1 is 1.43 bits per heavy atom. The molecule has 0 bridgehead atoms. The second-order valence-electron chi connectivity index (χ2n) is 4.57. The van der Waals surface area contributed by atoms with Gasteiger partial charge in [0, 0.05) is 0 Å². The zero-order valence-corrected chi connectivity index (χ0v) is 12.0. The Hall–Kier alpha value is -2.00. The molecule has 1 aromatic carbocycles. The molecule has 2 rings (SSSR count). The van der Waals surface area contributed by atoms with Gasteiger partial charge in [0.15, 0.2) is 0 Å². The van der Waals surface area contributed by atoms with Gasteiger partial charge in [-0.3, -0.25) is 14.9 Å². The summed E-state index contributed by atoms with van der Waals surface area (Å²) >= 11 is 0. The Kier molecular flexibility index (Phi) is 3.97. The van der Waals surface area contributed by atoms with Crippen LogP contribution in [0.2, 0.25) is 0 Å². The average molecular weight is 315 g/mol. The van der Waals surface area contributed by atoms with Crippen LogP contribution in [0.25, 0.3) is 0 Å². The highest BCUT2D eigenvalue weighted by Crippen LogP contribution is 2.24. The molecule has 21 heavy (non-hydrogen) atoms. The van der Waals surface area contributed by atoms with E-state index in [1.54, 1.807) is 6.92 Å². The number of carbonyl (C=O) groups is 2. The van der Waals surface area contributed by atoms with Gasteiger partial charge in [-0.05, 0) is 24.6 Å². The monoisotopic (exact) mass is 315 g/mol. The summed E-state index contributed by atoms with van der Waals surface area (Å²) in [4.78, 5) is 22.8. The van der Waals surface area contributed by atoms with E-state index in [9.17, 15) is 22.4 Å². The molecule has 1 aliphatic rings. The number of piperazine rings is 1. The molecule has 0 aliphatic carbocycles. The lowest BCUT2D eigenvalue weighted by molar-refractivity contribution is -0.137. The summed E-state index contributed by atoms with van der Waals surface area (Å²) in [5.74, 6) is -2.28. The summed E-state index contributed by atoms with van der Waals surface area (Å²) in [7, 11) is -4.17. The number of carbonyl (C=O) groups excluding carboxylic acids is 2. The highest BCUT2D eigenvalue weighted by atomic mass is 32.2. The van der Waals surface area contributed by atoms with E-state index in [2.05, 4.69) is 5.32 Å². The van der Waals surface area contributed by atoms with Crippen molar-refractivity contribution >= 4 is 27.5 Å². The van der Waals surface area contributed by atoms with Gasteiger partial charge in [-0.15, -0.1) is 0 Å². The predicted octanol–water partition coefficient (Wildman–Crippen LogP) is -0.166. The van der Waals surface area contributed by atoms with Gasteiger partial charge in [0.05, 0.1) is 17.1 Å². The van der Waals surface area contributed by atoms with Gasteiger partial charge >= 0.3 is 0 Å². The number of nitrogens with one attached hydrogen (secondary N) is 1. The van der Waals surface area contributed by atoms with Gasteiger partial charge in [-0.2, -0.15) is 4.31 Å². The molecule has 1 unspecified atom stereocenters. The molecular formula is C12H14FN3O4S. The molecule has 0 aromatic heterocycles. The molecular weight excluding hydrogens is 301 g/mol. The predicted molar refractivity (Wildman–Crippen MR) is 71.9 cm³/mol. The first-order chi connectivity index (χ1) is 9.77. The molecule has 1 saturated heterocycles. The molecule has 1 heterocycles. The third kappa shape index (κ3) is 2.74. The third-order valence-corrected chi connectivity index (χ3v) is 5.03. The van der Waals surface area contributed by atoms with Crippen molar-refractivity contribution in [1.82, 2.24) is 9.62 Å². The fraction of sp³-hybridized carbons (Fsp3) is 0.333. The number of hydrogen-bond donors (Lipinski definition) is 2. The quantitative estimate of drug-likeness (QED) is 0.594. The van der Waals surface area contributed by atoms with Crippen LogP contribution in [0.5, 0.6) is 0 Å². The number of imide groups is 1. The number of nitrogens with zero attached hydrogens (tertiary/aromatic N) is 1. The van der Waals surface area contributed by atoms with Crippen LogP contribution in [0.4, 0.5) is 10.1 Å². The normalized spacial score (nSPS) is 20.4. The van der Waals surface area contributed by atoms with Crippen LogP contribution in [0.15, 0.2) is 23.1 Å². The second-order valence-corrected chi connectivity index (χ2v) is 6.46. The van der Waals surface area contributed by atoms with Crippen molar-refractivity contribution < 1.29 is 22.4 Å². The summed E-state index contributed by atoms with van der Waals surface area (Å²) in [5.41, 5.74) is 5.12. The van der Waals surface area contributed by atoms with E-state index in [0.717, 1.165) is 22.5 Å². The molecule has 9 heteroatoms. The second kappa shape index (κ2) is 5.41. The Balaban J connectivity index is 2.47. The van der Waals surface area contributed by atoms with Gasteiger partial charge in [-0.1, -0.05) is 6.92 Å². The number of rotatable bonds is 3. The van der Waals surface area contributed by atoms with E-state index in [1.165, 1.54) is 0 Å².